The van der Waals surface area contributed by atoms with Gasteiger partial charge in [0.1, 0.15) is 17.2 Å². The maximum atomic E-state index is 13.3. The molecule has 11 heteroatoms. The molecular weight excluding hydrogens is 407 g/mol. The van der Waals surface area contributed by atoms with Crippen LogP contribution in [0.3, 0.4) is 0 Å². The van der Waals surface area contributed by atoms with E-state index in [9.17, 15) is 14.0 Å². The number of benzene rings is 1. The maximum Gasteiger partial charge on any atom is 0.335 e. The highest BCUT2D eigenvalue weighted by Crippen LogP contribution is 2.22. The van der Waals surface area contributed by atoms with E-state index in [2.05, 4.69) is 30.9 Å². The Morgan fingerprint density at radius 3 is 2.81 bits per heavy atom. The lowest BCUT2D eigenvalue weighted by Gasteiger charge is -2.23. The van der Waals surface area contributed by atoms with Crippen LogP contribution in [0.25, 0.3) is 11.1 Å². The summed E-state index contributed by atoms with van der Waals surface area (Å²) in [5, 5.41) is 17.5. The first kappa shape index (κ1) is 20.0. The second kappa shape index (κ2) is 7.86. The lowest BCUT2D eigenvalue weighted by molar-refractivity contribution is -0.113. The average Bonchev–Trinajstić information content (AvgIpc) is 3.08. The number of guanidine groups is 1. The molecule has 0 spiro atoms. The summed E-state index contributed by atoms with van der Waals surface area (Å²) in [7, 11) is 0. The number of fused-ring (bicyclic) bond motifs is 1. The van der Waals surface area contributed by atoms with Gasteiger partial charge in [0.15, 0.2) is 5.58 Å². The summed E-state index contributed by atoms with van der Waals surface area (Å²) in [6.07, 6.45) is 1.30. The fourth-order valence-corrected chi connectivity index (χ4v) is 3.14. The Kier molecular flexibility index (Phi) is 5.07. The van der Waals surface area contributed by atoms with Crippen LogP contribution in [-0.4, -0.2) is 39.0 Å². The van der Waals surface area contributed by atoms with E-state index >= 15 is 0 Å². The van der Waals surface area contributed by atoms with Crippen LogP contribution in [0.1, 0.15) is 24.2 Å². The molecule has 1 aliphatic rings. The molecule has 0 bridgehead atoms. The van der Waals surface area contributed by atoms with Gasteiger partial charge in [0, 0.05) is 18.0 Å². The van der Waals surface area contributed by atoms with Gasteiger partial charge in [-0.2, -0.15) is 4.98 Å². The molecule has 1 aliphatic heterocycles. The first-order valence-electron chi connectivity index (χ1n) is 9.19. The van der Waals surface area contributed by atoms with E-state index in [4.69, 9.17) is 9.52 Å². The zero-order chi connectivity index (χ0) is 22.1. The van der Waals surface area contributed by atoms with Gasteiger partial charge in [-0.05, 0) is 38.1 Å². The molecule has 0 fully saturated rings. The number of amides is 1. The number of aromatic carboxylic acids is 1. The molecular formula is C20H17FN6O4. The highest BCUT2D eigenvalue weighted by molar-refractivity contribution is 6.07. The molecule has 2 aromatic heterocycles. The van der Waals surface area contributed by atoms with Crippen molar-refractivity contribution < 1.29 is 23.5 Å². The predicted octanol–water partition coefficient (Wildman–Crippen LogP) is 2.73. The SMILES string of the molecule is CC1=C(C(=O)Nc2cc(C(=O)O)ccn2)C(C)N=C(Nc2nc3ccc(F)cc3o2)N1. The molecule has 0 radical (unpaired) electrons. The van der Waals surface area contributed by atoms with E-state index in [-0.39, 0.29) is 23.0 Å². The van der Waals surface area contributed by atoms with Crippen molar-refractivity contribution in [1.29, 1.82) is 0 Å². The molecule has 4 N–H and O–H groups in total. The minimum Gasteiger partial charge on any atom is -0.478 e. The number of nitrogens with zero attached hydrogens (tertiary/aromatic N) is 3. The van der Waals surface area contributed by atoms with E-state index in [0.717, 1.165) is 0 Å². The Labute approximate surface area is 174 Å². The second-order valence-corrected chi connectivity index (χ2v) is 6.76. The summed E-state index contributed by atoms with van der Waals surface area (Å²) in [5.74, 6) is -1.60. The van der Waals surface area contributed by atoms with Crippen LogP contribution in [0.15, 0.2) is 57.2 Å². The third kappa shape index (κ3) is 4.20. The number of carboxylic acid groups (broad SMARTS) is 1. The lowest BCUT2D eigenvalue weighted by atomic mass is 10.0. The quantitative estimate of drug-likeness (QED) is 0.501. The van der Waals surface area contributed by atoms with Crippen molar-refractivity contribution in [2.75, 3.05) is 10.6 Å². The number of nitrogens with one attached hydrogen (secondary N) is 3. The summed E-state index contributed by atoms with van der Waals surface area (Å²) in [6, 6.07) is 6.19. The minimum atomic E-state index is -1.12. The fraction of sp³-hybridized carbons (Fsp3) is 0.150. The molecule has 1 aromatic carbocycles. The van der Waals surface area contributed by atoms with Gasteiger partial charge in [-0.25, -0.2) is 19.2 Å². The van der Waals surface area contributed by atoms with Crippen LogP contribution in [0, 0.1) is 5.82 Å². The molecule has 10 nitrogen and oxygen atoms in total. The van der Waals surface area contributed by atoms with Gasteiger partial charge in [0.2, 0.25) is 5.96 Å². The number of halogens is 1. The number of aliphatic imine (C=N–C) groups is 1. The largest absolute Gasteiger partial charge is 0.478 e. The number of carboxylic acids is 1. The molecule has 0 saturated carbocycles. The van der Waals surface area contributed by atoms with Crippen LogP contribution in [0.2, 0.25) is 0 Å². The molecule has 0 saturated heterocycles. The van der Waals surface area contributed by atoms with Crippen LogP contribution < -0.4 is 16.0 Å². The number of aromatic nitrogens is 2. The number of carbonyl (C=O) groups is 2. The van der Waals surface area contributed by atoms with Crippen molar-refractivity contribution in [3.05, 3.63) is 59.2 Å². The van der Waals surface area contributed by atoms with E-state index < -0.39 is 23.7 Å². The Balaban J connectivity index is 1.49. The van der Waals surface area contributed by atoms with Crippen LogP contribution in [0.5, 0.6) is 0 Å². The number of anilines is 2. The number of carbonyl (C=O) groups excluding carboxylic acids is 1. The maximum absolute atomic E-state index is 13.3. The lowest BCUT2D eigenvalue weighted by Crippen LogP contribution is -2.39. The first-order chi connectivity index (χ1) is 14.8. The topological polar surface area (TPSA) is 142 Å². The van der Waals surface area contributed by atoms with Crippen molar-refractivity contribution in [1.82, 2.24) is 15.3 Å². The number of rotatable bonds is 4. The van der Waals surface area contributed by atoms with E-state index in [1.807, 2.05) is 0 Å². The van der Waals surface area contributed by atoms with Gasteiger partial charge in [0.25, 0.3) is 5.91 Å². The Morgan fingerprint density at radius 2 is 2.06 bits per heavy atom. The second-order valence-electron chi connectivity index (χ2n) is 6.76. The highest BCUT2D eigenvalue weighted by Gasteiger charge is 2.26. The number of oxazole rings is 1. The standard InChI is InChI=1S/C20H17FN6O4/c1-9-16(17(28)26-15-7-11(18(29)30)5-6-22-15)10(2)24-19(23-9)27-20-25-13-4-3-12(21)8-14(13)31-20/h3-9H,1-2H3,(H,29,30)(H,22,26,28)(H2,23,24,25,27). The first-order valence-corrected chi connectivity index (χ1v) is 9.19. The minimum absolute atomic E-state index is 0.00791. The van der Waals surface area contributed by atoms with Crippen molar-refractivity contribution in [2.24, 2.45) is 4.99 Å². The number of pyridine rings is 1. The zero-order valence-electron chi connectivity index (χ0n) is 16.4. The van der Waals surface area contributed by atoms with Crippen molar-refractivity contribution in [2.45, 2.75) is 19.9 Å². The Bertz CT molecular complexity index is 1270. The molecule has 3 heterocycles. The summed E-state index contributed by atoms with van der Waals surface area (Å²) in [5.41, 5.74) is 1.66. The predicted molar refractivity (Wildman–Crippen MR) is 110 cm³/mol. The average molecular weight is 424 g/mol. The van der Waals surface area contributed by atoms with Gasteiger partial charge >= 0.3 is 12.0 Å². The van der Waals surface area contributed by atoms with Gasteiger partial charge in [0.05, 0.1) is 17.2 Å². The monoisotopic (exact) mass is 424 g/mol. The van der Waals surface area contributed by atoms with Gasteiger partial charge in [-0.3, -0.25) is 10.1 Å². The molecule has 0 aliphatic carbocycles. The summed E-state index contributed by atoms with van der Waals surface area (Å²) in [4.78, 5) is 36.4. The van der Waals surface area contributed by atoms with Gasteiger partial charge in [-0.15, -0.1) is 0 Å². The molecule has 158 valence electrons. The van der Waals surface area contributed by atoms with E-state index in [1.54, 1.807) is 13.8 Å². The van der Waals surface area contributed by atoms with Crippen molar-refractivity contribution in [3.8, 4) is 0 Å². The van der Waals surface area contributed by atoms with E-state index in [1.165, 1.54) is 36.5 Å². The number of hydrogen-bond donors (Lipinski definition) is 4. The zero-order valence-corrected chi connectivity index (χ0v) is 16.4. The van der Waals surface area contributed by atoms with Crippen LogP contribution in [0.4, 0.5) is 16.2 Å². The number of allylic oxidation sites excluding steroid dienone is 1. The molecule has 1 atom stereocenters. The summed E-state index contributed by atoms with van der Waals surface area (Å²) >= 11 is 0. The Hall–Kier alpha value is -4.28. The van der Waals surface area contributed by atoms with Crippen molar-refractivity contribution in [3.63, 3.8) is 0 Å². The molecule has 3 aromatic rings. The molecule has 31 heavy (non-hydrogen) atoms. The smallest absolute Gasteiger partial charge is 0.335 e. The van der Waals surface area contributed by atoms with Crippen LogP contribution >= 0.6 is 0 Å². The van der Waals surface area contributed by atoms with E-state index in [0.29, 0.717) is 22.7 Å². The molecule has 1 unspecified atom stereocenters. The fourth-order valence-electron chi connectivity index (χ4n) is 3.14. The molecule has 1 amide bonds. The number of hydrogen-bond acceptors (Lipinski definition) is 8. The van der Waals surface area contributed by atoms with Crippen LogP contribution in [-0.2, 0) is 4.79 Å². The Morgan fingerprint density at radius 1 is 1.26 bits per heavy atom. The summed E-state index contributed by atoms with van der Waals surface area (Å²) < 4.78 is 18.8. The third-order valence-electron chi connectivity index (χ3n) is 4.52. The van der Waals surface area contributed by atoms with Gasteiger partial charge in [-0.1, -0.05) is 0 Å². The highest BCUT2D eigenvalue weighted by atomic mass is 19.1. The third-order valence-corrected chi connectivity index (χ3v) is 4.52. The molecule has 4 rings (SSSR count). The van der Waals surface area contributed by atoms with Gasteiger partial charge < -0.3 is 20.2 Å². The van der Waals surface area contributed by atoms with Crippen molar-refractivity contribution >= 4 is 40.8 Å². The normalized spacial score (nSPS) is 16.0. The summed E-state index contributed by atoms with van der Waals surface area (Å²) in [6.45, 7) is 3.42.